The lowest BCUT2D eigenvalue weighted by Gasteiger charge is -2.19. The van der Waals surface area contributed by atoms with Gasteiger partial charge in [-0.25, -0.2) is 4.98 Å². The Hall–Kier alpha value is -3.03. The Kier molecular flexibility index (Phi) is 5.42. The molecule has 1 N–H and O–H groups in total. The van der Waals surface area contributed by atoms with Gasteiger partial charge in [0, 0.05) is 63.8 Å². The van der Waals surface area contributed by atoms with Gasteiger partial charge in [0.15, 0.2) is 11.5 Å². The molecule has 1 saturated heterocycles. The van der Waals surface area contributed by atoms with Crippen molar-refractivity contribution in [3.8, 4) is 11.5 Å². The van der Waals surface area contributed by atoms with E-state index in [0.717, 1.165) is 12.1 Å². The number of benzene rings is 1. The Balaban J connectivity index is 1.59. The van der Waals surface area contributed by atoms with Gasteiger partial charge in [0.25, 0.3) is 5.91 Å². The number of nitrogens with zero attached hydrogens (tertiary/aromatic N) is 3. The lowest BCUT2D eigenvalue weighted by Crippen LogP contribution is -2.32. The molecule has 8 heteroatoms. The Morgan fingerprint density at radius 3 is 2.83 bits per heavy atom. The number of hydrogen-bond donors (Lipinski definition) is 1. The molecule has 154 valence electrons. The summed E-state index contributed by atoms with van der Waals surface area (Å²) in [4.78, 5) is 30.9. The zero-order valence-corrected chi connectivity index (χ0v) is 16.8. The van der Waals surface area contributed by atoms with Gasteiger partial charge in [0.1, 0.15) is 0 Å². The van der Waals surface area contributed by atoms with E-state index >= 15 is 0 Å². The topological polar surface area (TPSA) is 85.7 Å². The van der Waals surface area contributed by atoms with Crippen LogP contribution in [0.2, 0.25) is 0 Å². The first-order valence-electron chi connectivity index (χ1n) is 9.93. The van der Waals surface area contributed by atoms with E-state index in [-0.39, 0.29) is 23.7 Å². The van der Waals surface area contributed by atoms with Crippen LogP contribution in [0.5, 0.6) is 11.5 Å². The zero-order valence-electron chi connectivity index (χ0n) is 16.8. The quantitative estimate of drug-likeness (QED) is 0.845. The van der Waals surface area contributed by atoms with Gasteiger partial charge in [-0.1, -0.05) is 6.07 Å². The van der Waals surface area contributed by atoms with Crippen molar-refractivity contribution >= 4 is 11.8 Å². The second-order valence-corrected chi connectivity index (χ2v) is 7.63. The van der Waals surface area contributed by atoms with E-state index in [0.29, 0.717) is 49.9 Å². The van der Waals surface area contributed by atoms with Crippen molar-refractivity contribution < 1.29 is 19.1 Å². The molecule has 3 heterocycles. The first-order valence-corrected chi connectivity index (χ1v) is 9.93. The number of rotatable bonds is 4. The second kappa shape index (κ2) is 8.14. The molecule has 1 fully saturated rings. The molecular weight excluding hydrogens is 372 g/mol. The number of nitrogens with one attached hydrogen (secondary N) is 1. The van der Waals surface area contributed by atoms with E-state index < -0.39 is 0 Å². The summed E-state index contributed by atoms with van der Waals surface area (Å²) in [7, 11) is 1.95. The van der Waals surface area contributed by atoms with Gasteiger partial charge < -0.3 is 24.3 Å². The van der Waals surface area contributed by atoms with Crippen LogP contribution in [-0.2, 0) is 11.8 Å². The smallest absolute Gasteiger partial charge is 0.257 e. The third-order valence-electron chi connectivity index (χ3n) is 5.58. The van der Waals surface area contributed by atoms with Crippen molar-refractivity contribution in [3.05, 3.63) is 42.0 Å². The number of fused-ring (bicyclic) bond motifs is 1. The Morgan fingerprint density at radius 2 is 2.07 bits per heavy atom. The average Bonchev–Trinajstić information content (AvgIpc) is 3.23. The monoisotopic (exact) mass is 398 g/mol. The zero-order chi connectivity index (χ0) is 20.4. The van der Waals surface area contributed by atoms with Crippen molar-refractivity contribution in [2.75, 3.05) is 32.8 Å². The average molecular weight is 398 g/mol. The maximum absolute atomic E-state index is 13.4. The van der Waals surface area contributed by atoms with Crippen LogP contribution in [0.15, 0.2) is 30.7 Å². The van der Waals surface area contributed by atoms with Crippen LogP contribution >= 0.6 is 0 Å². The predicted octanol–water partition coefficient (Wildman–Crippen LogP) is 1.57. The van der Waals surface area contributed by atoms with Crippen LogP contribution in [0.4, 0.5) is 0 Å². The van der Waals surface area contributed by atoms with Crippen molar-refractivity contribution in [3.63, 3.8) is 0 Å². The van der Waals surface area contributed by atoms with Crippen LogP contribution < -0.4 is 14.8 Å². The largest absolute Gasteiger partial charge is 0.490 e. The fourth-order valence-corrected chi connectivity index (χ4v) is 4.11. The van der Waals surface area contributed by atoms with Crippen LogP contribution in [-0.4, -0.2) is 59.1 Å². The molecule has 0 bridgehead atoms. The minimum atomic E-state index is -0.0788. The number of para-hydroxylation sites is 1. The maximum Gasteiger partial charge on any atom is 0.257 e. The maximum atomic E-state index is 13.4. The van der Waals surface area contributed by atoms with E-state index in [2.05, 4.69) is 10.3 Å². The molecule has 1 aromatic heterocycles. The summed E-state index contributed by atoms with van der Waals surface area (Å²) in [6.45, 7) is 4.25. The van der Waals surface area contributed by atoms with Crippen LogP contribution in [0.3, 0.4) is 0 Å². The number of aromatic nitrogens is 2. The molecule has 0 spiro atoms. The molecule has 1 aromatic carbocycles. The molecule has 2 aromatic rings. The van der Waals surface area contributed by atoms with Crippen molar-refractivity contribution in [1.82, 2.24) is 19.8 Å². The molecule has 4 rings (SSSR count). The van der Waals surface area contributed by atoms with Crippen molar-refractivity contribution in [2.45, 2.75) is 19.3 Å². The minimum absolute atomic E-state index is 0.0718. The van der Waals surface area contributed by atoms with Crippen LogP contribution in [0.1, 0.15) is 35.3 Å². The third kappa shape index (κ3) is 3.92. The van der Waals surface area contributed by atoms with Crippen molar-refractivity contribution in [2.24, 2.45) is 13.0 Å². The molecule has 0 saturated carbocycles. The van der Waals surface area contributed by atoms with Gasteiger partial charge in [0.05, 0.1) is 25.1 Å². The summed E-state index contributed by atoms with van der Waals surface area (Å²) in [5.74, 6) is 1.20. The van der Waals surface area contributed by atoms with Gasteiger partial charge in [-0.2, -0.15) is 0 Å². The molecule has 2 aliphatic rings. The molecule has 2 amide bonds. The number of likely N-dealkylation sites (tertiary alicyclic amines) is 1. The number of imidazole rings is 1. The molecule has 2 atom stereocenters. The number of amides is 2. The summed E-state index contributed by atoms with van der Waals surface area (Å²) < 4.78 is 13.5. The Bertz CT molecular complexity index is 910. The normalized spacial score (nSPS) is 21.0. The van der Waals surface area contributed by atoms with Crippen molar-refractivity contribution in [1.29, 1.82) is 0 Å². The van der Waals surface area contributed by atoms with Gasteiger partial charge in [-0.05, 0) is 12.1 Å². The summed E-state index contributed by atoms with van der Waals surface area (Å²) in [6, 6.07) is 5.44. The molecular formula is C21H26N4O4. The van der Waals surface area contributed by atoms with E-state index in [1.54, 1.807) is 12.4 Å². The lowest BCUT2D eigenvalue weighted by molar-refractivity contribution is -0.119. The first-order chi connectivity index (χ1) is 14.0. The van der Waals surface area contributed by atoms with Gasteiger partial charge in [0.2, 0.25) is 5.91 Å². The summed E-state index contributed by atoms with van der Waals surface area (Å²) in [6.07, 6.45) is 4.38. The Labute approximate surface area is 169 Å². The molecule has 29 heavy (non-hydrogen) atoms. The number of aryl methyl sites for hydroxylation is 1. The number of ether oxygens (including phenoxy) is 2. The second-order valence-electron chi connectivity index (χ2n) is 7.63. The minimum Gasteiger partial charge on any atom is -0.490 e. The van der Waals surface area contributed by atoms with Gasteiger partial charge in [-0.3, -0.25) is 9.59 Å². The highest BCUT2D eigenvalue weighted by Gasteiger charge is 2.38. The standard InChI is InChI=1S/C21H26N4O4/c1-14(26)23-9-15-11-25(12-17(15)18-10-22-13-24(18)2)21(27)16-5-3-6-19-20(16)29-8-4-7-28-19/h3,5-6,10,13,15,17H,4,7-9,11-12H2,1-2H3,(H,23,26)/t15-,17-/m1/s1. The molecule has 0 radical (unpaired) electrons. The fraction of sp³-hybridized carbons (Fsp3) is 0.476. The summed E-state index contributed by atoms with van der Waals surface area (Å²) in [5, 5.41) is 2.91. The van der Waals surface area contributed by atoms with Crippen LogP contribution in [0, 0.1) is 5.92 Å². The van der Waals surface area contributed by atoms with E-state index in [9.17, 15) is 9.59 Å². The number of carbonyl (C=O) groups is 2. The number of hydrogen-bond acceptors (Lipinski definition) is 5. The highest BCUT2D eigenvalue weighted by Crippen LogP contribution is 2.37. The molecule has 0 unspecified atom stereocenters. The predicted molar refractivity (Wildman–Crippen MR) is 106 cm³/mol. The molecule has 8 nitrogen and oxygen atoms in total. The molecule has 0 aliphatic carbocycles. The van der Waals surface area contributed by atoms with Gasteiger partial charge >= 0.3 is 0 Å². The SMILES string of the molecule is CC(=O)NC[C@@H]1CN(C(=O)c2cccc3c2OCCCO3)C[C@H]1c1cncn1C. The third-order valence-corrected chi connectivity index (χ3v) is 5.58. The fourth-order valence-electron chi connectivity index (χ4n) is 4.11. The lowest BCUT2D eigenvalue weighted by atomic mass is 9.93. The van der Waals surface area contributed by atoms with Gasteiger partial charge in [-0.15, -0.1) is 0 Å². The highest BCUT2D eigenvalue weighted by molar-refractivity contribution is 5.98. The van der Waals surface area contributed by atoms with E-state index in [1.807, 2.05) is 34.8 Å². The summed E-state index contributed by atoms with van der Waals surface area (Å²) >= 11 is 0. The van der Waals surface area contributed by atoms with E-state index in [1.165, 1.54) is 6.92 Å². The highest BCUT2D eigenvalue weighted by atomic mass is 16.5. The molecule has 2 aliphatic heterocycles. The number of carbonyl (C=O) groups excluding carboxylic acids is 2. The Morgan fingerprint density at radius 1 is 1.24 bits per heavy atom. The van der Waals surface area contributed by atoms with E-state index in [4.69, 9.17) is 9.47 Å². The first kappa shape index (κ1) is 19.3. The van der Waals surface area contributed by atoms with Crippen LogP contribution in [0.25, 0.3) is 0 Å². The summed E-state index contributed by atoms with van der Waals surface area (Å²) in [5.41, 5.74) is 1.58.